The minimum Gasteiger partial charge on any atom is -0.480 e. The molecule has 0 amide bonds. The number of likely N-dealkylation sites (N-methyl/N-ethyl adjacent to an activating group) is 1. The molecule has 1 aliphatic rings. The fourth-order valence-electron chi connectivity index (χ4n) is 4.14. The lowest BCUT2D eigenvalue weighted by atomic mass is 9.71. The number of esters is 1. The Bertz CT molecular complexity index is 825. The lowest BCUT2D eigenvalue weighted by molar-refractivity contribution is -0.138. The number of fused-ring (bicyclic) bond motifs is 1. The Morgan fingerprint density at radius 2 is 1.89 bits per heavy atom. The number of nitrogens with zero attached hydrogens (tertiary/aromatic N) is 1. The zero-order chi connectivity index (χ0) is 19.4. The van der Waals surface area contributed by atoms with Crippen LogP contribution in [-0.4, -0.2) is 49.2 Å². The van der Waals surface area contributed by atoms with Gasteiger partial charge < -0.3 is 9.84 Å². The maximum atomic E-state index is 11.9. The van der Waals surface area contributed by atoms with Gasteiger partial charge >= 0.3 is 11.9 Å². The molecule has 0 fully saturated rings. The lowest BCUT2D eigenvalue weighted by Gasteiger charge is -2.36. The third kappa shape index (κ3) is 4.91. The molecule has 2 aromatic carbocycles. The molecule has 1 N–H and O–H groups in total. The van der Waals surface area contributed by atoms with Gasteiger partial charge in [0.05, 0.1) is 19.2 Å². The molecule has 0 saturated carbocycles. The Hall–Kier alpha value is -2.37. The number of aryl methyl sites for hydroxylation is 1. The van der Waals surface area contributed by atoms with Crippen LogP contribution < -0.4 is 0 Å². The van der Waals surface area contributed by atoms with E-state index in [1.54, 1.807) is 0 Å². The van der Waals surface area contributed by atoms with Crippen molar-refractivity contribution in [2.45, 2.75) is 18.8 Å². The Labute approximate surface area is 171 Å². The summed E-state index contributed by atoms with van der Waals surface area (Å²) in [5, 5.41) is 9.07. The number of benzene rings is 2. The molecule has 0 aliphatic heterocycles. The topological polar surface area (TPSA) is 66.8 Å². The van der Waals surface area contributed by atoms with Crippen molar-refractivity contribution in [2.75, 3.05) is 27.2 Å². The van der Waals surface area contributed by atoms with Crippen molar-refractivity contribution in [3.05, 3.63) is 70.8 Å². The predicted octanol–water partition coefficient (Wildman–Crippen LogP) is 3.61. The van der Waals surface area contributed by atoms with Crippen LogP contribution in [0.15, 0.2) is 48.5 Å². The Morgan fingerprint density at radius 3 is 2.54 bits per heavy atom. The molecule has 5 nitrogen and oxygen atoms in total. The van der Waals surface area contributed by atoms with Gasteiger partial charge in [-0.05, 0) is 54.6 Å². The first-order chi connectivity index (χ1) is 13.0. The van der Waals surface area contributed by atoms with Crippen LogP contribution in [0.25, 0.3) is 0 Å². The number of carbonyl (C=O) groups excluding carboxylic acids is 1. The van der Waals surface area contributed by atoms with E-state index in [4.69, 9.17) is 9.84 Å². The molecule has 2 aromatic rings. The molecule has 28 heavy (non-hydrogen) atoms. The van der Waals surface area contributed by atoms with Crippen LogP contribution in [0.2, 0.25) is 0 Å². The first-order valence-corrected chi connectivity index (χ1v) is 9.16. The molecular formula is C22H26ClNO4. The van der Waals surface area contributed by atoms with E-state index < -0.39 is 5.97 Å². The molecule has 0 bridgehead atoms. The number of carboxylic acids is 1. The smallest absolute Gasteiger partial charge is 0.337 e. The molecule has 150 valence electrons. The van der Waals surface area contributed by atoms with Gasteiger partial charge in [0.1, 0.15) is 0 Å². The summed E-state index contributed by atoms with van der Waals surface area (Å²) in [7, 11) is 3.24. The van der Waals surface area contributed by atoms with Crippen molar-refractivity contribution < 1.29 is 19.4 Å². The van der Waals surface area contributed by atoms with Crippen molar-refractivity contribution in [3.8, 4) is 0 Å². The van der Waals surface area contributed by atoms with E-state index in [0.29, 0.717) is 18.0 Å². The largest absolute Gasteiger partial charge is 0.480 e. The zero-order valence-electron chi connectivity index (χ0n) is 16.1. The monoisotopic (exact) mass is 403 g/mol. The van der Waals surface area contributed by atoms with Gasteiger partial charge in [0.2, 0.25) is 0 Å². The number of rotatable bonds is 6. The number of carbonyl (C=O) groups is 2. The molecule has 0 unspecified atom stereocenters. The van der Waals surface area contributed by atoms with Crippen LogP contribution in [0.3, 0.4) is 0 Å². The van der Waals surface area contributed by atoms with Gasteiger partial charge in [-0.1, -0.05) is 36.4 Å². The molecule has 1 aliphatic carbocycles. The predicted molar refractivity (Wildman–Crippen MR) is 110 cm³/mol. The van der Waals surface area contributed by atoms with E-state index in [2.05, 4.69) is 12.1 Å². The number of carboxylic acid groups (broad SMARTS) is 1. The first-order valence-electron chi connectivity index (χ1n) is 9.16. The standard InChI is InChI=1S/C22H25NO4.ClH/c1-23(14-20(24)25)13-18-9-8-16-12-17(22(26)27-2)10-11-19(16)21(18)15-6-4-3-5-7-15;/h3-7,10-12,18,21H,8-9,13-14H2,1-2H3,(H,24,25);1H/t18-,21+;/m1./s1. The van der Waals surface area contributed by atoms with Gasteiger partial charge in [-0.25, -0.2) is 4.79 Å². The van der Waals surface area contributed by atoms with Crippen LogP contribution in [-0.2, 0) is 16.0 Å². The Morgan fingerprint density at radius 1 is 1.18 bits per heavy atom. The highest BCUT2D eigenvalue weighted by molar-refractivity contribution is 5.89. The number of hydrogen-bond acceptors (Lipinski definition) is 4. The van der Waals surface area contributed by atoms with Gasteiger partial charge in [-0.3, -0.25) is 9.69 Å². The third-order valence-corrected chi connectivity index (χ3v) is 5.27. The molecular weight excluding hydrogens is 378 g/mol. The fourth-order valence-corrected chi connectivity index (χ4v) is 4.14. The van der Waals surface area contributed by atoms with E-state index in [9.17, 15) is 9.59 Å². The van der Waals surface area contributed by atoms with Crippen molar-refractivity contribution >= 4 is 24.3 Å². The minimum atomic E-state index is -0.812. The molecule has 0 aromatic heterocycles. The van der Waals surface area contributed by atoms with Crippen LogP contribution in [0.4, 0.5) is 0 Å². The summed E-state index contributed by atoms with van der Waals surface area (Å²) >= 11 is 0. The molecule has 0 heterocycles. The SMILES string of the molecule is COC(=O)c1ccc2c(c1)CC[C@H](CN(C)CC(=O)O)[C@@H]2c1ccccc1.Cl. The third-order valence-electron chi connectivity index (χ3n) is 5.27. The maximum absolute atomic E-state index is 11.9. The molecule has 2 atom stereocenters. The van der Waals surface area contributed by atoms with Gasteiger partial charge in [-0.15, -0.1) is 12.4 Å². The van der Waals surface area contributed by atoms with Crippen molar-refractivity contribution in [2.24, 2.45) is 5.92 Å². The summed E-state index contributed by atoms with van der Waals surface area (Å²) in [4.78, 5) is 24.8. The minimum absolute atomic E-state index is 0. The maximum Gasteiger partial charge on any atom is 0.337 e. The van der Waals surface area contributed by atoms with E-state index in [1.807, 2.05) is 48.3 Å². The van der Waals surface area contributed by atoms with Crippen molar-refractivity contribution in [1.29, 1.82) is 0 Å². The van der Waals surface area contributed by atoms with Gasteiger partial charge in [0.25, 0.3) is 0 Å². The number of methoxy groups -OCH3 is 1. The van der Waals surface area contributed by atoms with E-state index in [1.165, 1.54) is 23.8 Å². The van der Waals surface area contributed by atoms with Crippen LogP contribution in [0.1, 0.15) is 39.4 Å². The van der Waals surface area contributed by atoms with E-state index in [-0.39, 0.29) is 30.8 Å². The summed E-state index contributed by atoms with van der Waals surface area (Å²) in [6, 6.07) is 16.1. The Kier molecular flexibility index (Phi) is 7.61. The lowest BCUT2D eigenvalue weighted by Crippen LogP contribution is -2.35. The van der Waals surface area contributed by atoms with Crippen LogP contribution in [0, 0.1) is 5.92 Å². The summed E-state index contributed by atoms with van der Waals surface area (Å²) in [5.74, 6) is -0.642. The van der Waals surface area contributed by atoms with E-state index >= 15 is 0 Å². The van der Waals surface area contributed by atoms with Gasteiger partial charge in [-0.2, -0.15) is 0 Å². The summed E-state index contributed by atoms with van der Waals surface area (Å²) in [6.45, 7) is 0.746. The number of aliphatic carboxylic acids is 1. The molecule has 0 saturated heterocycles. The highest BCUT2D eigenvalue weighted by Gasteiger charge is 2.32. The zero-order valence-corrected chi connectivity index (χ0v) is 16.9. The quantitative estimate of drug-likeness (QED) is 0.746. The van der Waals surface area contributed by atoms with Crippen LogP contribution >= 0.6 is 12.4 Å². The number of halogens is 1. The van der Waals surface area contributed by atoms with Crippen LogP contribution in [0.5, 0.6) is 0 Å². The van der Waals surface area contributed by atoms with Crippen molar-refractivity contribution in [3.63, 3.8) is 0 Å². The fraction of sp³-hybridized carbons (Fsp3) is 0.364. The van der Waals surface area contributed by atoms with Gasteiger partial charge in [0.15, 0.2) is 0 Å². The van der Waals surface area contributed by atoms with E-state index in [0.717, 1.165) is 12.8 Å². The number of ether oxygens (including phenoxy) is 1. The summed E-state index contributed by atoms with van der Waals surface area (Å²) in [5.41, 5.74) is 4.18. The molecule has 0 spiro atoms. The Balaban J connectivity index is 0.00000280. The second-order valence-electron chi connectivity index (χ2n) is 7.18. The summed E-state index contributed by atoms with van der Waals surface area (Å²) < 4.78 is 4.85. The molecule has 3 rings (SSSR count). The second-order valence-corrected chi connectivity index (χ2v) is 7.18. The number of hydrogen-bond donors (Lipinski definition) is 1. The average molecular weight is 404 g/mol. The molecule has 6 heteroatoms. The first kappa shape index (κ1) is 21.9. The normalized spacial score (nSPS) is 18.1. The summed E-state index contributed by atoms with van der Waals surface area (Å²) in [6.07, 6.45) is 1.82. The van der Waals surface area contributed by atoms with Crippen molar-refractivity contribution in [1.82, 2.24) is 4.90 Å². The highest BCUT2D eigenvalue weighted by atomic mass is 35.5. The second kappa shape index (κ2) is 9.71. The van der Waals surface area contributed by atoms with Gasteiger partial charge in [0, 0.05) is 12.5 Å². The average Bonchev–Trinajstić information content (AvgIpc) is 2.66. The highest BCUT2D eigenvalue weighted by Crippen LogP contribution is 2.41. The molecule has 0 radical (unpaired) electrons.